The summed E-state index contributed by atoms with van der Waals surface area (Å²) in [5.74, 6) is 0.179. The number of carbonyl (C=O) groups excluding carboxylic acids is 1. The van der Waals surface area contributed by atoms with Crippen molar-refractivity contribution in [2.45, 2.75) is 59.8 Å². The number of rotatable bonds is 3. The third-order valence-corrected chi connectivity index (χ3v) is 7.52. The second kappa shape index (κ2) is 6.92. The summed E-state index contributed by atoms with van der Waals surface area (Å²) in [6.45, 7) is 4.65. The molecule has 2 aromatic rings. The first-order valence-corrected chi connectivity index (χ1v) is 11.0. The van der Waals surface area contributed by atoms with E-state index in [2.05, 4.69) is 23.6 Å². The molecule has 4 nitrogen and oxygen atoms in total. The molecule has 0 radical (unpaired) electrons. The SMILES string of the molecule is CN1C(=O)CCc2cc(Sc3cc(C4(O)CCOC(C)(C)C4)cs3)ccc21. The lowest BCUT2D eigenvalue weighted by molar-refractivity contribution is -0.148. The number of hydrogen-bond donors (Lipinski definition) is 1. The summed E-state index contributed by atoms with van der Waals surface area (Å²) in [5, 5.41) is 13.2. The van der Waals surface area contributed by atoms with Crippen molar-refractivity contribution in [2.75, 3.05) is 18.6 Å². The molecule has 0 saturated carbocycles. The van der Waals surface area contributed by atoms with Gasteiger partial charge in [-0.15, -0.1) is 11.3 Å². The largest absolute Gasteiger partial charge is 0.385 e. The molecule has 1 amide bonds. The molecule has 0 spiro atoms. The van der Waals surface area contributed by atoms with Gasteiger partial charge in [0.05, 0.1) is 22.0 Å². The second-order valence-electron chi connectivity index (χ2n) is 8.07. The van der Waals surface area contributed by atoms with Gasteiger partial charge >= 0.3 is 0 Å². The van der Waals surface area contributed by atoms with E-state index in [4.69, 9.17) is 4.74 Å². The highest BCUT2D eigenvalue weighted by Crippen LogP contribution is 2.44. The quantitative estimate of drug-likeness (QED) is 0.815. The zero-order valence-electron chi connectivity index (χ0n) is 15.9. The fraction of sp³-hybridized carbons (Fsp3) is 0.476. The van der Waals surface area contributed by atoms with Crippen LogP contribution in [-0.2, 0) is 21.6 Å². The van der Waals surface area contributed by atoms with Gasteiger partial charge in [-0.1, -0.05) is 11.8 Å². The monoisotopic (exact) mass is 403 g/mol. The zero-order valence-corrected chi connectivity index (χ0v) is 17.6. The van der Waals surface area contributed by atoms with Crippen LogP contribution in [0.15, 0.2) is 38.8 Å². The molecule has 1 aromatic heterocycles. The van der Waals surface area contributed by atoms with Gasteiger partial charge in [0, 0.05) is 36.9 Å². The molecule has 1 aromatic carbocycles. The summed E-state index contributed by atoms with van der Waals surface area (Å²) in [7, 11) is 1.84. The van der Waals surface area contributed by atoms with Crippen molar-refractivity contribution in [3.8, 4) is 0 Å². The minimum atomic E-state index is -0.810. The average molecular weight is 404 g/mol. The molecular weight excluding hydrogens is 378 g/mol. The predicted octanol–water partition coefficient (Wildman–Crippen LogP) is 4.58. The first-order chi connectivity index (χ1) is 12.8. The highest BCUT2D eigenvalue weighted by Gasteiger charge is 2.41. The van der Waals surface area contributed by atoms with Crippen molar-refractivity contribution in [3.05, 3.63) is 40.8 Å². The lowest BCUT2D eigenvalue weighted by Gasteiger charge is -2.41. The minimum absolute atomic E-state index is 0.179. The van der Waals surface area contributed by atoms with Crippen LogP contribution in [0.4, 0.5) is 5.69 Å². The summed E-state index contributed by atoms with van der Waals surface area (Å²) < 4.78 is 6.93. The van der Waals surface area contributed by atoms with Gasteiger partial charge in [-0.3, -0.25) is 4.79 Å². The van der Waals surface area contributed by atoms with Crippen LogP contribution in [0.1, 0.15) is 44.2 Å². The van der Waals surface area contributed by atoms with Crippen LogP contribution in [0.2, 0.25) is 0 Å². The third kappa shape index (κ3) is 3.81. The van der Waals surface area contributed by atoms with E-state index >= 15 is 0 Å². The maximum atomic E-state index is 11.9. The topological polar surface area (TPSA) is 49.8 Å². The minimum Gasteiger partial charge on any atom is -0.385 e. The third-order valence-electron chi connectivity index (χ3n) is 5.45. The Morgan fingerprint density at radius 1 is 1.26 bits per heavy atom. The Kier molecular flexibility index (Phi) is 4.87. The van der Waals surface area contributed by atoms with E-state index in [0.29, 0.717) is 25.9 Å². The molecule has 1 N–H and O–H groups in total. The Hall–Kier alpha value is -1.34. The van der Waals surface area contributed by atoms with Crippen LogP contribution in [0.5, 0.6) is 0 Å². The molecule has 3 heterocycles. The van der Waals surface area contributed by atoms with Crippen LogP contribution in [-0.4, -0.2) is 30.3 Å². The molecular formula is C21H25NO3S2. The van der Waals surface area contributed by atoms with Crippen molar-refractivity contribution in [3.63, 3.8) is 0 Å². The number of thiophene rings is 1. The van der Waals surface area contributed by atoms with Gasteiger partial charge in [-0.2, -0.15) is 0 Å². The first-order valence-electron chi connectivity index (χ1n) is 9.28. The van der Waals surface area contributed by atoms with Crippen LogP contribution in [0.3, 0.4) is 0 Å². The summed E-state index contributed by atoms with van der Waals surface area (Å²) >= 11 is 3.39. The summed E-state index contributed by atoms with van der Waals surface area (Å²) in [6, 6.07) is 8.42. The van der Waals surface area contributed by atoms with E-state index in [0.717, 1.165) is 17.7 Å². The number of aryl methyl sites for hydroxylation is 1. The zero-order chi connectivity index (χ0) is 19.2. The number of aliphatic hydroxyl groups is 1. The molecule has 1 saturated heterocycles. The summed E-state index contributed by atoms with van der Waals surface area (Å²) in [4.78, 5) is 14.8. The first kappa shape index (κ1) is 19.0. The van der Waals surface area contributed by atoms with E-state index < -0.39 is 5.60 Å². The molecule has 4 rings (SSSR count). The second-order valence-corrected chi connectivity index (χ2v) is 10.4. The molecule has 2 aliphatic rings. The lowest BCUT2D eigenvalue weighted by Crippen LogP contribution is -2.43. The van der Waals surface area contributed by atoms with Crippen LogP contribution in [0, 0.1) is 0 Å². The number of fused-ring (bicyclic) bond motifs is 1. The van der Waals surface area contributed by atoms with Crippen molar-refractivity contribution in [2.24, 2.45) is 0 Å². The Bertz CT molecular complexity index is 876. The van der Waals surface area contributed by atoms with Crippen LogP contribution < -0.4 is 4.90 Å². The van der Waals surface area contributed by atoms with E-state index in [1.165, 1.54) is 14.7 Å². The van der Waals surface area contributed by atoms with Gasteiger partial charge in [0.1, 0.15) is 0 Å². The lowest BCUT2D eigenvalue weighted by atomic mass is 9.80. The average Bonchev–Trinajstić information content (AvgIpc) is 3.07. The number of benzene rings is 1. The van der Waals surface area contributed by atoms with E-state index in [1.807, 2.05) is 27.0 Å². The molecule has 1 atom stereocenters. The number of carbonyl (C=O) groups is 1. The number of hydrogen-bond acceptors (Lipinski definition) is 5. The van der Waals surface area contributed by atoms with Crippen molar-refractivity contribution in [1.82, 2.24) is 0 Å². The molecule has 0 aliphatic carbocycles. The smallest absolute Gasteiger partial charge is 0.227 e. The van der Waals surface area contributed by atoms with E-state index in [1.54, 1.807) is 28.0 Å². The van der Waals surface area contributed by atoms with Crippen LogP contribution in [0.25, 0.3) is 0 Å². The normalized spacial score (nSPS) is 24.7. The Morgan fingerprint density at radius 3 is 2.85 bits per heavy atom. The van der Waals surface area contributed by atoms with Crippen molar-refractivity contribution >= 4 is 34.7 Å². The van der Waals surface area contributed by atoms with Gasteiger partial charge in [0.15, 0.2) is 0 Å². The number of nitrogens with zero attached hydrogens (tertiary/aromatic N) is 1. The number of anilines is 1. The highest BCUT2D eigenvalue weighted by molar-refractivity contribution is 8.01. The molecule has 1 unspecified atom stereocenters. The van der Waals surface area contributed by atoms with E-state index in [-0.39, 0.29) is 11.5 Å². The standard InChI is InChI=1S/C21H25NO3S2/c1-20(2)13-21(24,8-9-25-20)15-11-19(26-12-15)27-16-5-6-17-14(10-16)4-7-18(23)22(17)3/h5-6,10-12,24H,4,7-9,13H2,1-3H3. The summed E-state index contributed by atoms with van der Waals surface area (Å²) in [6.07, 6.45) is 2.62. The number of amides is 1. The maximum absolute atomic E-state index is 11.9. The van der Waals surface area contributed by atoms with E-state index in [9.17, 15) is 9.90 Å². The van der Waals surface area contributed by atoms with Gasteiger partial charge < -0.3 is 14.7 Å². The molecule has 6 heteroatoms. The Morgan fingerprint density at radius 2 is 2.07 bits per heavy atom. The fourth-order valence-corrected chi connectivity index (χ4v) is 6.12. The van der Waals surface area contributed by atoms with Crippen LogP contribution >= 0.6 is 23.1 Å². The molecule has 144 valence electrons. The van der Waals surface area contributed by atoms with Gasteiger partial charge in [-0.05, 0) is 61.0 Å². The summed E-state index contributed by atoms with van der Waals surface area (Å²) in [5.41, 5.74) is 2.12. The molecule has 0 bridgehead atoms. The molecule has 27 heavy (non-hydrogen) atoms. The maximum Gasteiger partial charge on any atom is 0.227 e. The Labute approximate surface area is 168 Å². The molecule has 2 aliphatic heterocycles. The van der Waals surface area contributed by atoms with Gasteiger partial charge in [0.2, 0.25) is 5.91 Å². The van der Waals surface area contributed by atoms with Gasteiger partial charge in [-0.25, -0.2) is 0 Å². The fourth-order valence-electron chi connectivity index (χ4n) is 4.01. The Balaban J connectivity index is 1.53. The molecule has 1 fully saturated rings. The van der Waals surface area contributed by atoms with Crippen molar-refractivity contribution < 1.29 is 14.6 Å². The van der Waals surface area contributed by atoms with Gasteiger partial charge in [0.25, 0.3) is 0 Å². The predicted molar refractivity (Wildman–Crippen MR) is 110 cm³/mol. The number of ether oxygens (including phenoxy) is 1. The highest BCUT2D eigenvalue weighted by atomic mass is 32.2. The van der Waals surface area contributed by atoms with Crippen molar-refractivity contribution in [1.29, 1.82) is 0 Å².